The summed E-state index contributed by atoms with van der Waals surface area (Å²) in [6.45, 7) is 1.43. The fraction of sp³-hybridized carbons (Fsp3) is 0.600. The van der Waals surface area contributed by atoms with Gasteiger partial charge in [-0.2, -0.15) is 10.5 Å². The van der Waals surface area contributed by atoms with Gasteiger partial charge in [0.2, 0.25) is 0 Å². The lowest BCUT2D eigenvalue weighted by Crippen LogP contribution is -1.78. The molecule has 9 heavy (non-hydrogen) atoms. The molecule has 0 aliphatic carbocycles. The van der Waals surface area contributed by atoms with Crippen LogP contribution in [-0.4, -0.2) is 4.84 Å². The Kier molecular flexibility index (Phi) is 13.3. The highest BCUT2D eigenvalue weighted by molar-refractivity contribution is 6.44. The Morgan fingerprint density at radius 2 is 1.78 bits per heavy atom. The zero-order valence-electron chi connectivity index (χ0n) is 4.93. The largest absolute Gasteiger partial charge is 0.199 e. The first-order valence-corrected chi connectivity index (χ1v) is 3.02. The Morgan fingerprint density at radius 1 is 1.44 bits per heavy atom. The molecule has 0 saturated carbocycles. The van der Waals surface area contributed by atoms with Gasteiger partial charge < -0.3 is 0 Å². The third-order valence-corrected chi connectivity index (χ3v) is 0.554. The van der Waals surface area contributed by atoms with Crippen LogP contribution in [0, 0.1) is 22.7 Å². The summed E-state index contributed by atoms with van der Waals surface area (Å²) in [7, 11) is 0. The maximum Gasteiger partial charge on any atom is 0.120 e. The molecule has 0 bridgehead atoms. The molecule has 50 valence electrons. The predicted octanol–water partition coefficient (Wildman–Crippen LogP) is 2.23. The third kappa shape index (κ3) is 35.7. The monoisotopic (exact) mass is 164 g/mol. The van der Waals surface area contributed by atoms with E-state index in [1.807, 2.05) is 0 Å². The van der Waals surface area contributed by atoms with E-state index in [4.69, 9.17) is 33.7 Å². The molecule has 0 heterocycles. The van der Waals surface area contributed by atoms with Gasteiger partial charge in [0.25, 0.3) is 0 Å². The number of nitriles is 2. The van der Waals surface area contributed by atoms with E-state index in [0.29, 0.717) is 0 Å². The van der Waals surface area contributed by atoms with Crippen molar-refractivity contribution in [2.75, 3.05) is 0 Å². The second-order valence-electron chi connectivity index (χ2n) is 0.977. The van der Waals surface area contributed by atoms with Crippen LogP contribution in [0.4, 0.5) is 0 Å². The number of rotatable bonds is 1. The lowest BCUT2D eigenvalue weighted by molar-refractivity contribution is 1.16. The number of halogens is 2. The normalized spacial score (nSPS) is 6.44. The molecule has 0 rings (SSSR count). The second kappa shape index (κ2) is 10.5. The minimum Gasteiger partial charge on any atom is -0.199 e. The van der Waals surface area contributed by atoms with Gasteiger partial charge >= 0.3 is 0 Å². The quantitative estimate of drug-likeness (QED) is 0.559. The summed E-state index contributed by atoms with van der Waals surface area (Å²) in [5, 5.41) is 15.1. The predicted molar refractivity (Wildman–Crippen MR) is 37.0 cm³/mol. The summed E-state index contributed by atoms with van der Waals surface area (Å²) in [5.74, 6) is 0. The summed E-state index contributed by atoms with van der Waals surface area (Å²) in [6, 6.07) is 3.55. The van der Waals surface area contributed by atoms with Crippen molar-refractivity contribution in [3.8, 4) is 12.1 Å². The fourth-order valence-corrected chi connectivity index (χ4v) is 0.207. The van der Waals surface area contributed by atoms with Crippen molar-refractivity contribution in [3.63, 3.8) is 0 Å². The molecule has 0 fully saturated rings. The summed E-state index contributed by atoms with van der Waals surface area (Å²) in [5.41, 5.74) is 0. The first-order valence-electron chi connectivity index (χ1n) is 2.15. The zero-order valence-corrected chi connectivity index (χ0v) is 6.45. The van der Waals surface area contributed by atoms with Crippen molar-refractivity contribution >= 4 is 23.2 Å². The molecule has 0 aromatic carbocycles. The lowest BCUT2D eigenvalue weighted by Gasteiger charge is -1.82. The van der Waals surface area contributed by atoms with Gasteiger partial charge in [-0.3, -0.25) is 0 Å². The molecular weight excluding hydrogens is 159 g/mol. The van der Waals surface area contributed by atoms with Crippen molar-refractivity contribution in [2.24, 2.45) is 0 Å². The van der Waals surface area contributed by atoms with Gasteiger partial charge in [-0.25, -0.2) is 0 Å². The van der Waals surface area contributed by atoms with Crippen molar-refractivity contribution in [3.05, 3.63) is 0 Å². The van der Waals surface area contributed by atoms with Crippen molar-refractivity contribution < 1.29 is 0 Å². The van der Waals surface area contributed by atoms with E-state index in [9.17, 15) is 0 Å². The number of nitrogens with zero attached hydrogens (tertiary/aromatic N) is 2. The highest BCUT2D eigenvalue weighted by Crippen LogP contribution is 2.03. The molecule has 0 unspecified atom stereocenters. The van der Waals surface area contributed by atoms with Crippen LogP contribution in [0.1, 0.15) is 13.3 Å². The van der Waals surface area contributed by atoms with Gasteiger partial charge in [0.15, 0.2) is 0 Å². The van der Waals surface area contributed by atoms with Crippen molar-refractivity contribution in [2.45, 2.75) is 18.2 Å². The molecule has 0 radical (unpaired) electrons. The van der Waals surface area contributed by atoms with Crippen LogP contribution >= 0.6 is 23.2 Å². The standard InChI is InChI=1S/C3H3Cl2N.C2H3N/c4-3(5)1-2-6;1-2-3/h3H,1H2;1H3. The van der Waals surface area contributed by atoms with Gasteiger partial charge in [-0.1, -0.05) is 0 Å². The molecule has 0 N–H and O–H groups in total. The molecule has 4 heteroatoms. The molecule has 0 amide bonds. The van der Waals surface area contributed by atoms with E-state index in [1.54, 1.807) is 12.1 Å². The number of hydrogen-bond acceptors (Lipinski definition) is 2. The third-order valence-electron chi connectivity index (χ3n) is 0.246. The van der Waals surface area contributed by atoms with Gasteiger partial charge in [0.1, 0.15) is 4.84 Å². The molecule has 0 spiro atoms. The van der Waals surface area contributed by atoms with E-state index in [0.717, 1.165) is 0 Å². The maximum absolute atomic E-state index is 7.82. The SMILES string of the molecule is CC#N.N#CCC(Cl)Cl. The number of alkyl halides is 2. The number of hydrogen-bond donors (Lipinski definition) is 0. The first kappa shape index (κ1) is 11.4. The van der Waals surface area contributed by atoms with E-state index in [-0.39, 0.29) is 6.42 Å². The van der Waals surface area contributed by atoms with Crippen LogP contribution in [0.3, 0.4) is 0 Å². The van der Waals surface area contributed by atoms with Gasteiger partial charge in [-0.05, 0) is 0 Å². The van der Waals surface area contributed by atoms with Crippen LogP contribution < -0.4 is 0 Å². The molecule has 0 aliphatic rings. The van der Waals surface area contributed by atoms with E-state index in [1.165, 1.54) is 6.92 Å². The molecular formula is C5H6Cl2N2. The Hall–Kier alpha value is -0.440. The topological polar surface area (TPSA) is 47.6 Å². The minimum atomic E-state index is -0.519. The molecule has 0 saturated heterocycles. The summed E-state index contributed by atoms with van der Waals surface area (Å²) in [6.07, 6.45) is 0.211. The minimum absolute atomic E-state index is 0.211. The average Bonchev–Trinajstić information content (AvgIpc) is 1.67. The second-order valence-corrected chi connectivity index (χ2v) is 2.25. The van der Waals surface area contributed by atoms with E-state index in [2.05, 4.69) is 0 Å². The summed E-state index contributed by atoms with van der Waals surface area (Å²) in [4.78, 5) is -0.519. The molecule has 2 nitrogen and oxygen atoms in total. The van der Waals surface area contributed by atoms with Gasteiger partial charge in [0, 0.05) is 6.92 Å². The van der Waals surface area contributed by atoms with Gasteiger partial charge in [-0.15, -0.1) is 23.2 Å². The van der Waals surface area contributed by atoms with E-state index < -0.39 is 4.84 Å². The van der Waals surface area contributed by atoms with Crippen LogP contribution in [0.25, 0.3) is 0 Å². The van der Waals surface area contributed by atoms with Crippen LogP contribution in [-0.2, 0) is 0 Å². The van der Waals surface area contributed by atoms with E-state index >= 15 is 0 Å². The Morgan fingerprint density at radius 3 is 1.78 bits per heavy atom. The van der Waals surface area contributed by atoms with Crippen molar-refractivity contribution in [1.29, 1.82) is 10.5 Å². The first-order chi connectivity index (χ1) is 4.18. The highest BCUT2D eigenvalue weighted by atomic mass is 35.5. The zero-order chi connectivity index (χ0) is 7.70. The molecule has 0 aromatic heterocycles. The fourth-order valence-electron chi connectivity index (χ4n) is 0.0690. The molecule has 0 aliphatic heterocycles. The molecule has 0 aromatic rings. The Bertz CT molecular complexity index is 120. The van der Waals surface area contributed by atoms with Crippen LogP contribution in [0.2, 0.25) is 0 Å². The average molecular weight is 165 g/mol. The Labute approximate surface area is 64.6 Å². The van der Waals surface area contributed by atoms with Gasteiger partial charge in [0.05, 0.1) is 18.6 Å². The Balaban J connectivity index is 0. The lowest BCUT2D eigenvalue weighted by atomic mass is 10.6. The van der Waals surface area contributed by atoms with Crippen LogP contribution in [0.15, 0.2) is 0 Å². The highest BCUT2D eigenvalue weighted by Gasteiger charge is 1.91. The van der Waals surface area contributed by atoms with Crippen molar-refractivity contribution in [1.82, 2.24) is 0 Å². The molecule has 0 atom stereocenters. The smallest absolute Gasteiger partial charge is 0.120 e. The summed E-state index contributed by atoms with van der Waals surface area (Å²) >= 11 is 10.2. The summed E-state index contributed by atoms with van der Waals surface area (Å²) < 4.78 is 0. The maximum atomic E-state index is 7.82. The van der Waals surface area contributed by atoms with Crippen LogP contribution in [0.5, 0.6) is 0 Å².